The monoisotopic (exact) mass is 177 g/mol. The third-order valence-corrected chi connectivity index (χ3v) is 5.15. The normalized spacial score (nSPS) is 15.0. The highest BCUT2D eigenvalue weighted by molar-refractivity contribution is 6.65. The number of nitrogens with two attached hydrogens (primary N) is 1. The molecule has 1 atom stereocenters. The van der Waals surface area contributed by atoms with Crippen LogP contribution in [0.5, 0.6) is 0 Å². The lowest BCUT2D eigenvalue weighted by molar-refractivity contribution is 0.243. The van der Waals surface area contributed by atoms with Crippen LogP contribution in [0.15, 0.2) is 0 Å². The van der Waals surface area contributed by atoms with Crippen LogP contribution >= 0.6 is 0 Å². The van der Waals surface area contributed by atoms with Gasteiger partial charge in [0.25, 0.3) is 0 Å². The van der Waals surface area contributed by atoms with Crippen LogP contribution in [0.25, 0.3) is 0 Å². The molecule has 11 heavy (non-hydrogen) atoms. The second-order valence-electron chi connectivity index (χ2n) is 3.09. The first-order chi connectivity index (χ1) is 5.08. The maximum absolute atomic E-state index is 5.50. The van der Waals surface area contributed by atoms with Crippen molar-refractivity contribution >= 4 is 8.56 Å². The molecule has 0 aliphatic heterocycles. The summed E-state index contributed by atoms with van der Waals surface area (Å²) in [7, 11) is 1.55. The van der Waals surface area contributed by atoms with E-state index >= 15 is 0 Å². The smallest absolute Gasteiger partial charge is 0.334 e. The first-order valence-electron chi connectivity index (χ1n) is 3.88. The molecule has 0 aliphatic carbocycles. The zero-order valence-electron chi connectivity index (χ0n) is 7.89. The Bertz CT molecular complexity index is 107. The van der Waals surface area contributed by atoms with Crippen LogP contribution in [-0.4, -0.2) is 29.3 Å². The molecule has 0 fully saturated rings. The molecule has 0 rings (SSSR count). The van der Waals surface area contributed by atoms with Crippen molar-refractivity contribution in [2.45, 2.75) is 19.5 Å². The summed E-state index contributed by atoms with van der Waals surface area (Å²) >= 11 is 0. The van der Waals surface area contributed by atoms with E-state index in [1.165, 1.54) is 0 Å². The highest BCUT2D eigenvalue weighted by atomic mass is 28.4. The molecule has 0 spiro atoms. The van der Waals surface area contributed by atoms with Gasteiger partial charge in [0.15, 0.2) is 0 Å². The summed E-state index contributed by atoms with van der Waals surface area (Å²) in [6.07, 6.45) is 0. The second-order valence-corrected chi connectivity index (χ2v) is 6.58. The second kappa shape index (κ2) is 4.87. The SMILES string of the molecule is CO[Si](C)(CC(C)CN)OC. The Hall–Kier alpha value is 0.0969. The van der Waals surface area contributed by atoms with Crippen molar-refractivity contribution in [2.75, 3.05) is 20.8 Å². The third-order valence-electron chi connectivity index (χ3n) is 1.99. The third kappa shape index (κ3) is 3.86. The van der Waals surface area contributed by atoms with Gasteiger partial charge in [0.1, 0.15) is 0 Å². The average Bonchev–Trinajstić information content (AvgIpc) is 2.04. The molecule has 0 saturated heterocycles. The van der Waals surface area contributed by atoms with E-state index in [9.17, 15) is 0 Å². The molecule has 4 heteroatoms. The molecule has 3 nitrogen and oxygen atoms in total. The predicted molar refractivity (Wildman–Crippen MR) is 48.7 cm³/mol. The van der Waals surface area contributed by atoms with Crippen molar-refractivity contribution in [3.8, 4) is 0 Å². The van der Waals surface area contributed by atoms with Crippen molar-refractivity contribution in [1.82, 2.24) is 0 Å². The van der Waals surface area contributed by atoms with Gasteiger partial charge in [0.2, 0.25) is 0 Å². The molecule has 2 N–H and O–H groups in total. The van der Waals surface area contributed by atoms with Crippen molar-refractivity contribution in [3.63, 3.8) is 0 Å². The summed E-state index contributed by atoms with van der Waals surface area (Å²) in [6.45, 7) is 4.87. The Morgan fingerprint density at radius 3 is 2.09 bits per heavy atom. The molecule has 0 saturated carbocycles. The van der Waals surface area contributed by atoms with Gasteiger partial charge >= 0.3 is 8.56 Å². The van der Waals surface area contributed by atoms with E-state index in [0.717, 1.165) is 6.04 Å². The fourth-order valence-corrected chi connectivity index (χ4v) is 2.90. The standard InChI is InChI=1S/C7H19NO2Si/c1-7(5-8)6-11(4,9-2)10-3/h7H,5-6,8H2,1-4H3. The molecule has 0 aliphatic rings. The summed E-state index contributed by atoms with van der Waals surface area (Å²) < 4.78 is 10.6. The highest BCUT2D eigenvalue weighted by Crippen LogP contribution is 2.16. The van der Waals surface area contributed by atoms with Gasteiger partial charge in [-0.05, 0) is 25.1 Å². The summed E-state index contributed by atoms with van der Waals surface area (Å²) in [5.74, 6) is 0.492. The lowest BCUT2D eigenvalue weighted by atomic mass is 10.2. The van der Waals surface area contributed by atoms with E-state index in [-0.39, 0.29) is 0 Å². The Labute approximate surface area is 70.1 Å². The number of rotatable bonds is 5. The maximum Gasteiger partial charge on any atom is 0.334 e. The van der Waals surface area contributed by atoms with Crippen LogP contribution in [0, 0.1) is 5.92 Å². The van der Waals surface area contributed by atoms with Gasteiger partial charge in [-0.25, -0.2) is 0 Å². The fraction of sp³-hybridized carbons (Fsp3) is 1.00. The van der Waals surface area contributed by atoms with Gasteiger partial charge in [-0.3, -0.25) is 0 Å². The van der Waals surface area contributed by atoms with Crippen molar-refractivity contribution in [2.24, 2.45) is 11.7 Å². The van der Waals surface area contributed by atoms with E-state index < -0.39 is 8.56 Å². The molecule has 1 unspecified atom stereocenters. The van der Waals surface area contributed by atoms with Crippen LogP contribution in [-0.2, 0) is 8.85 Å². The Morgan fingerprint density at radius 1 is 1.36 bits per heavy atom. The van der Waals surface area contributed by atoms with Gasteiger partial charge in [0, 0.05) is 14.2 Å². The lowest BCUT2D eigenvalue weighted by Gasteiger charge is -2.25. The van der Waals surface area contributed by atoms with Crippen LogP contribution in [0.1, 0.15) is 6.92 Å². The maximum atomic E-state index is 5.50. The molecule has 0 amide bonds. The molecule has 0 bridgehead atoms. The Morgan fingerprint density at radius 2 is 1.82 bits per heavy atom. The zero-order chi connectivity index (χ0) is 8.91. The predicted octanol–water partition coefficient (Wildman–Crippen LogP) is 0.946. The van der Waals surface area contributed by atoms with E-state index in [4.69, 9.17) is 14.6 Å². The molecule has 0 radical (unpaired) electrons. The van der Waals surface area contributed by atoms with E-state index in [2.05, 4.69) is 13.5 Å². The summed E-state index contributed by atoms with van der Waals surface area (Å²) in [6, 6.07) is 0.969. The largest absolute Gasteiger partial charge is 0.398 e. The minimum atomic E-state index is -1.86. The van der Waals surface area contributed by atoms with Crippen LogP contribution in [0.3, 0.4) is 0 Å². The van der Waals surface area contributed by atoms with Gasteiger partial charge in [-0.15, -0.1) is 0 Å². The fourth-order valence-electron chi connectivity index (χ4n) is 0.966. The Kier molecular flexibility index (Phi) is 4.91. The minimum Gasteiger partial charge on any atom is -0.398 e. The number of hydrogen-bond donors (Lipinski definition) is 1. The number of hydrogen-bond acceptors (Lipinski definition) is 3. The molecular formula is C7H19NO2Si. The Balaban J connectivity index is 3.86. The van der Waals surface area contributed by atoms with E-state index in [1.54, 1.807) is 14.2 Å². The van der Waals surface area contributed by atoms with Gasteiger partial charge in [0.05, 0.1) is 0 Å². The molecule has 0 aromatic rings. The van der Waals surface area contributed by atoms with E-state index in [1.807, 2.05) is 0 Å². The van der Waals surface area contributed by atoms with Gasteiger partial charge in [-0.1, -0.05) is 6.92 Å². The zero-order valence-corrected chi connectivity index (χ0v) is 8.89. The van der Waals surface area contributed by atoms with Crippen LogP contribution in [0.4, 0.5) is 0 Å². The molecular weight excluding hydrogens is 158 g/mol. The lowest BCUT2D eigenvalue weighted by Crippen LogP contribution is -2.38. The highest BCUT2D eigenvalue weighted by Gasteiger charge is 2.30. The van der Waals surface area contributed by atoms with Crippen LogP contribution in [0.2, 0.25) is 12.6 Å². The minimum absolute atomic E-state index is 0.492. The summed E-state index contributed by atoms with van der Waals surface area (Å²) in [4.78, 5) is 0. The first kappa shape index (κ1) is 11.1. The molecule has 0 aromatic heterocycles. The first-order valence-corrected chi connectivity index (χ1v) is 6.40. The van der Waals surface area contributed by atoms with Crippen LogP contribution < -0.4 is 5.73 Å². The summed E-state index contributed by atoms with van der Waals surface area (Å²) in [5, 5.41) is 0. The quantitative estimate of drug-likeness (QED) is 0.636. The van der Waals surface area contributed by atoms with E-state index in [0.29, 0.717) is 12.5 Å². The molecule has 0 aromatic carbocycles. The molecule has 0 heterocycles. The molecule has 68 valence electrons. The topological polar surface area (TPSA) is 44.5 Å². The van der Waals surface area contributed by atoms with Gasteiger partial charge in [-0.2, -0.15) is 0 Å². The van der Waals surface area contributed by atoms with Crippen molar-refractivity contribution < 1.29 is 8.85 Å². The van der Waals surface area contributed by atoms with Gasteiger partial charge < -0.3 is 14.6 Å². The van der Waals surface area contributed by atoms with Crippen molar-refractivity contribution in [1.29, 1.82) is 0 Å². The average molecular weight is 177 g/mol. The summed E-state index contributed by atoms with van der Waals surface area (Å²) in [5.41, 5.74) is 5.50. The van der Waals surface area contributed by atoms with Crippen molar-refractivity contribution in [3.05, 3.63) is 0 Å².